The highest BCUT2D eigenvalue weighted by Crippen LogP contribution is 2.81. The summed E-state index contributed by atoms with van der Waals surface area (Å²) in [5.41, 5.74) is 3.30. The Labute approximate surface area is 190 Å². The number of hydrogen-bond donors (Lipinski definition) is 2. The van der Waals surface area contributed by atoms with Crippen molar-refractivity contribution in [1.29, 1.82) is 0 Å². The lowest BCUT2D eigenvalue weighted by Crippen LogP contribution is -2.67. The van der Waals surface area contributed by atoms with E-state index >= 15 is 0 Å². The molecule has 3 spiro atoms. The summed E-state index contributed by atoms with van der Waals surface area (Å²) in [5, 5.41) is 22.5. The van der Waals surface area contributed by atoms with Gasteiger partial charge in [-0.15, -0.1) is 0 Å². The molecule has 2 aliphatic heterocycles. The molecule has 1 aromatic rings. The van der Waals surface area contributed by atoms with Gasteiger partial charge in [0.2, 0.25) is 0 Å². The van der Waals surface area contributed by atoms with E-state index < -0.39 is 12.2 Å². The summed E-state index contributed by atoms with van der Waals surface area (Å²) >= 11 is 0. The van der Waals surface area contributed by atoms with Crippen LogP contribution < -0.4 is 0 Å². The summed E-state index contributed by atoms with van der Waals surface area (Å²) in [4.78, 5) is 6.47. The first-order valence-corrected chi connectivity index (χ1v) is 12.3. The number of aliphatic hydroxyl groups is 2. The zero-order chi connectivity index (χ0) is 22.1. The number of likely N-dealkylation sites (N-methyl/N-ethyl adjacent to an activating group) is 1. The minimum Gasteiger partial charge on any atom is -0.390 e. The van der Waals surface area contributed by atoms with Crippen LogP contribution in [0.25, 0.3) is 5.57 Å². The average molecular weight is 435 g/mol. The average Bonchev–Trinajstić information content (AvgIpc) is 3.31. The zero-order valence-electron chi connectivity index (χ0n) is 19.3. The maximum Gasteiger partial charge on any atom is 0.0961 e. The highest BCUT2D eigenvalue weighted by atomic mass is 16.5. The third-order valence-electron chi connectivity index (χ3n) is 10.7. The largest absolute Gasteiger partial charge is 0.390 e. The topological polar surface area (TPSA) is 65.8 Å². The maximum absolute atomic E-state index is 11.4. The minimum absolute atomic E-state index is 0.0424. The molecule has 9 atom stereocenters. The van der Waals surface area contributed by atoms with Crippen molar-refractivity contribution in [2.45, 2.75) is 74.9 Å². The molecule has 32 heavy (non-hydrogen) atoms. The van der Waals surface area contributed by atoms with Crippen LogP contribution in [-0.4, -0.2) is 63.6 Å². The Hall–Kier alpha value is -1.53. The lowest BCUT2D eigenvalue weighted by molar-refractivity contribution is -0.248. The van der Waals surface area contributed by atoms with Crippen molar-refractivity contribution in [3.63, 3.8) is 0 Å². The van der Waals surface area contributed by atoms with E-state index in [0.717, 1.165) is 38.5 Å². The molecule has 7 rings (SSSR count). The van der Waals surface area contributed by atoms with Crippen LogP contribution >= 0.6 is 0 Å². The molecular weight excluding hydrogens is 400 g/mol. The summed E-state index contributed by atoms with van der Waals surface area (Å²) in [5.74, 6) is 0.781. The Morgan fingerprint density at radius 2 is 2.00 bits per heavy atom. The molecule has 2 saturated heterocycles. The van der Waals surface area contributed by atoms with E-state index in [-0.39, 0.29) is 28.1 Å². The van der Waals surface area contributed by atoms with Crippen molar-refractivity contribution >= 4 is 5.57 Å². The minimum atomic E-state index is -0.716. The van der Waals surface area contributed by atoms with E-state index in [1.807, 2.05) is 32.6 Å². The summed E-state index contributed by atoms with van der Waals surface area (Å²) in [7, 11) is 4.02. The van der Waals surface area contributed by atoms with Crippen LogP contribution in [0.4, 0.5) is 0 Å². The molecule has 4 fully saturated rings. The van der Waals surface area contributed by atoms with Gasteiger partial charge in [0.25, 0.3) is 0 Å². The third kappa shape index (κ3) is 2.01. The Morgan fingerprint density at radius 3 is 2.75 bits per heavy atom. The third-order valence-corrected chi connectivity index (χ3v) is 10.7. The fourth-order valence-corrected chi connectivity index (χ4v) is 9.15. The first-order chi connectivity index (χ1) is 15.3. The van der Waals surface area contributed by atoms with Gasteiger partial charge in [0, 0.05) is 35.2 Å². The SMILES string of the molecule is CN(C)C1CC23CCC4(O2)C(=CCC2(C)C(c5cccnc5)=CCC24)C2CC23C(O)C1O. The van der Waals surface area contributed by atoms with Gasteiger partial charge in [0.05, 0.1) is 23.4 Å². The molecule has 1 aromatic heterocycles. The number of fused-ring (bicyclic) bond motifs is 2. The number of aliphatic hydroxyl groups excluding tert-OH is 2. The van der Waals surface area contributed by atoms with Crippen LogP contribution in [0.3, 0.4) is 0 Å². The second-order valence-electron chi connectivity index (χ2n) is 11.9. The molecule has 0 aromatic carbocycles. The molecule has 0 radical (unpaired) electrons. The summed E-state index contributed by atoms with van der Waals surface area (Å²) in [6.45, 7) is 2.43. The molecule has 5 nitrogen and oxygen atoms in total. The van der Waals surface area contributed by atoms with E-state index in [2.05, 4.69) is 35.0 Å². The molecule has 9 unspecified atom stereocenters. The van der Waals surface area contributed by atoms with Gasteiger partial charge in [-0.05, 0) is 81.3 Å². The molecule has 4 aliphatic carbocycles. The molecule has 2 saturated carbocycles. The number of allylic oxidation sites excluding steroid dienone is 3. The Balaban J connectivity index is 1.33. The lowest BCUT2D eigenvalue weighted by Gasteiger charge is -2.59. The number of pyridine rings is 1. The molecule has 170 valence electrons. The number of aromatic nitrogens is 1. The second-order valence-corrected chi connectivity index (χ2v) is 11.9. The first kappa shape index (κ1) is 19.9. The highest BCUT2D eigenvalue weighted by Gasteiger charge is 2.84. The van der Waals surface area contributed by atoms with Gasteiger partial charge in [-0.25, -0.2) is 0 Å². The van der Waals surface area contributed by atoms with Crippen molar-refractivity contribution in [3.05, 3.63) is 47.8 Å². The number of ether oxygens (including phenoxy) is 1. The van der Waals surface area contributed by atoms with Gasteiger partial charge in [-0.3, -0.25) is 4.98 Å². The second kappa shape index (κ2) is 5.93. The molecule has 0 amide bonds. The van der Waals surface area contributed by atoms with Crippen molar-refractivity contribution in [2.24, 2.45) is 22.7 Å². The van der Waals surface area contributed by atoms with Crippen LogP contribution in [0, 0.1) is 22.7 Å². The predicted molar refractivity (Wildman–Crippen MR) is 122 cm³/mol. The van der Waals surface area contributed by atoms with Gasteiger partial charge in [-0.1, -0.05) is 25.1 Å². The van der Waals surface area contributed by atoms with E-state index in [9.17, 15) is 10.2 Å². The number of nitrogens with zero attached hydrogens (tertiary/aromatic N) is 2. The van der Waals surface area contributed by atoms with Gasteiger partial charge in [0.15, 0.2) is 0 Å². The molecule has 2 N–H and O–H groups in total. The maximum atomic E-state index is 11.4. The normalized spacial score (nSPS) is 52.5. The summed E-state index contributed by atoms with van der Waals surface area (Å²) < 4.78 is 7.37. The van der Waals surface area contributed by atoms with E-state index in [0.29, 0.717) is 11.8 Å². The summed E-state index contributed by atoms with van der Waals surface area (Å²) in [6, 6.07) is 4.15. The van der Waals surface area contributed by atoms with Crippen molar-refractivity contribution in [2.75, 3.05) is 14.1 Å². The van der Waals surface area contributed by atoms with E-state index in [1.54, 1.807) is 0 Å². The molecule has 5 heteroatoms. The fraction of sp³-hybridized carbons (Fsp3) is 0.667. The Bertz CT molecular complexity index is 1050. The Kier molecular flexibility index (Phi) is 3.69. The quantitative estimate of drug-likeness (QED) is 0.700. The van der Waals surface area contributed by atoms with Gasteiger partial charge in [-0.2, -0.15) is 0 Å². The van der Waals surface area contributed by atoms with Crippen LogP contribution in [0.15, 0.2) is 42.3 Å². The Morgan fingerprint density at radius 1 is 1.16 bits per heavy atom. The van der Waals surface area contributed by atoms with Gasteiger partial charge < -0.3 is 19.8 Å². The number of hydrogen-bond acceptors (Lipinski definition) is 5. The summed E-state index contributed by atoms with van der Waals surface area (Å²) in [6.07, 6.45) is 13.2. The molecule has 6 aliphatic rings. The van der Waals surface area contributed by atoms with E-state index in [1.165, 1.54) is 16.7 Å². The number of rotatable bonds is 2. The smallest absolute Gasteiger partial charge is 0.0961 e. The lowest BCUT2D eigenvalue weighted by atomic mass is 9.57. The van der Waals surface area contributed by atoms with Crippen LogP contribution in [0.1, 0.15) is 51.0 Å². The molecule has 3 heterocycles. The molecule has 2 bridgehead atoms. The van der Waals surface area contributed by atoms with Crippen molar-refractivity contribution in [3.8, 4) is 0 Å². The monoisotopic (exact) mass is 434 g/mol. The van der Waals surface area contributed by atoms with Gasteiger partial charge >= 0.3 is 0 Å². The zero-order valence-corrected chi connectivity index (χ0v) is 19.3. The molecular formula is C27H34N2O3. The highest BCUT2D eigenvalue weighted by molar-refractivity contribution is 5.74. The fourth-order valence-electron chi connectivity index (χ4n) is 9.15. The van der Waals surface area contributed by atoms with E-state index in [4.69, 9.17) is 4.74 Å². The van der Waals surface area contributed by atoms with Crippen LogP contribution in [0.2, 0.25) is 0 Å². The standard InChI is InChI=1S/C27H34N2O3/c1-24-9-8-18-19-13-26(19)23(31)22(30)20(29(2)3)14-25(26)10-11-27(18,32-25)21(24)7-6-17(24)16-5-4-12-28-15-16/h4-6,8,12,15,19-23,30-31H,7,9-11,13-14H2,1-3H3. The van der Waals surface area contributed by atoms with Crippen molar-refractivity contribution in [1.82, 2.24) is 9.88 Å². The van der Waals surface area contributed by atoms with Crippen LogP contribution in [0.5, 0.6) is 0 Å². The van der Waals surface area contributed by atoms with Crippen molar-refractivity contribution < 1.29 is 14.9 Å². The first-order valence-electron chi connectivity index (χ1n) is 12.3. The van der Waals surface area contributed by atoms with Gasteiger partial charge in [0.1, 0.15) is 0 Å². The predicted octanol–water partition coefficient (Wildman–Crippen LogP) is 3.18. The van der Waals surface area contributed by atoms with Crippen LogP contribution in [-0.2, 0) is 4.74 Å².